The molecule has 0 amide bonds. The van der Waals surface area contributed by atoms with Crippen LogP contribution in [0.25, 0.3) is 0 Å². The lowest BCUT2D eigenvalue weighted by Gasteiger charge is -2.18. The van der Waals surface area contributed by atoms with Crippen molar-refractivity contribution >= 4 is 17.7 Å². The third kappa shape index (κ3) is 3.71. The van der Waals surface area contributed by atoms with Crippen LogP contribution >= 0.6 is 11.8 Å². The summed E-state index contributed by atoms with van der Waals surface area (Å²) in [5, 5.41) is 21.9. The number of thioether (sulfide) groups is 1. The Bertz CT molecular complexity index is 455. The summed E-state index contributed by atoms with van der Waals surface area (Å²) in [6.45, 7) is 3.53. The molecule has 0 aromatic carbocycles. The summed E-state index contributed by atoms with van der Waals surface area (Å²) in [4.78, 5) is 11.0. The fourth-order valence-electron chi connectivity index (χ4n) is 2.44. The van der Waals surface area contributed by atoms with E-state index in [1.807, 2.05) is 4.68 Å². The Morgan fingerprint density at radius 1 is 1.45 bits per heavy atom. The van der Waals surface area contributed by atoms with Crippen molar-refractivity contribution in [3.63, 3.8) is 0 Å². The molecule has 112 valence electrons. The number of aliphatic carboxylic acids is 1. The molecule has 0 spiro atoms. The Hall–Kier alpha value is -1.11. The molecule has 0 atom stereocenters. The van der Waals surface area contributed by atoms with Crippen molar-refractivity contribution in [3.05, 3.63) is 0 Å². The molecule has 1 aliphatic carbocycles. The van der Waals surface area contributed by atoms with E-state index in [9.17, 15) is 4.79 Å². The monoisotopic (exact) mass is 298 g/mol. The smallest absolute Gasteiger partial charge is 0.309 e. The van der Waals surface area contributed by atoms with Gasteiger partial charge < -0.3 is 5.11 Å². The van der Waals surface area contributed by atoms with Crippen LogP contribution in [-0.4, -0.2) is 37.0 Å². The van der Waals surface area contributed by atoms with Crippen LogP contribution in [0.4, 0.5) is 0 Å². The maximum absolute atomic E-state index is 11.0. The zero-order valence-corrected chi connectivity index (χ0v) is 12.9. The number of tetrazole rings is 1. The molecule has 6 nitrogen and oxygen atoms in total. The number of carboxylic acid groups (broad SMARTS) is 1. The molecule has 0 bridgehead atoms. The molecule has 0 saturated heterocycles. The van der Waals surface area contributed by atoms with Gasteiger partial charge in [0, 0.05) is 5.75 Å². The molecule has 0 unspecified atom stereocenters. The molecule has 0 radical (unpaired) electrons. The molecular weight excluding hydrogens is 276 g/mol. The van der Waals surface area contributed by atoms with Crippen LogP contribution in [-0.2, 0) is 4.79 Å². The first-order valence-corrected chi connectivity index (χ1v) is 8.13. The highest BCUT2D eigenvalue weighted by molar-refractivity contribution is 7.99. The Morgan fingerprint density at radius 2 is 2.15 bits per heavy atom. The highest BCUT2D eigenvalue weighted by Crippen LogP contribution is 2.32. The maximum Gasteiger partial charge on any atom is 0.309 e. The Balaban J connectivity index is 1.80. The minimum Gasteiger partial charge on any atom is -0.481 e. The topological polar surface area (TPSA) is 80.9 Å². The van der Waals surface area contributed by atoms with Crippen LogP contribution in [0.5, 0.6) is 0 Å². The van der Waals surface area contributed by atoms with Gasteiger partial charge in [-0.05, 0) is 50.0 Å². The second kappa shape index (κ2) is 6.56. The predicted molar refractivity (Wildman–Crippen MR) is 76.7 cm³/mol. The fourth-order valence-corrected chi connectivity index (χ4v) is 3.33. The van der Waals surface area contributed by atoms with Gasteiger partial charge in [0.05, 0.1) is 11.5 Å². The van der Waals surface area contributed by atoms with Crippen molar-refractivity contribution in [1.29, 1.82) is 0 Å². The predicted octanol–water partition coefficient (Wildman–Crippen LogP) is 2.77. The van der Waals surface area contributed by atoms with Crippen LogP contribution < -0.4 is 0 Å². The van der Waals surface area contributed by atoms with Crippen molar-refractivity contribution in [2.45, 2.75) is 63.6 Å². The number of aromatic nitrogens is 4. The van der Waals surface area contributed by atoms with Crippen molar-refractivity contribution in [1.82, 2.24) is 20.2 Å². The fraction of sp³-hybridized carbons (Fsp3) is 0.846. The van der Waals surface area contributed by atoms with Crippen molar-refractivity contribution < 1.29 is 9.90 Å². The lowest BCUT2D eigenvalue weighted by atomic mass is 9.88. The molecule has 20 heavy (non-hydrogen) atoms. The van der Waals surface area contributed by atoms with E-state index in [1.165, 1.54) is 12.8 Å². The molecule has 1 saturated carbocycles. The SMILES string of the molecule is CC(C)(CCCSc1nnnn1C1CCCC1)C(=O)O. The van der Waals surface area contributed by atoms with Crippen molar-refractivity contribution in [3.8, 4) is 0 Å². The number of rotatable bonds is 7. The third-order valence-corrected chi connectivity index (χ3v) is 4.91. The van der Waals surface area contributed by atoms with E-state index < -0.39 is 11.4 Å². The molecular formula is C13H22N4O2S. The van der Waals surface area contributed by atoms with Gasteiger partial charge in [-0.15, -0.1) is 5.10 Å². The standard InChI is InChI=1S/C13H22N4O2S/c1-13(2,11(18)19)8-5-9-20-12-14-15-16-17(12)10-6-3-4-7-10/h10H,3-9H2,1-2H3,(H,18,19). The molecule has 1 aromatic rings. The average Bonchev–Trinajstić information content (AvgIpc) is 3.04. The van der Waals surface area contributed by atoms with Crippen LogP contribution in [0, 0.1) is 5.41 Å². The molecule has 1 aliphatic rings. The Labute approximate surface area is 123 Å². The molecule has 2 rings (SSSR count). The van der Waals surface area contributed by atoms with E-state index in [-0.39, 0.29) is 0 Å². The normalized spacial score (nSPS) is 16.7. The maximum atomic E-state index is 11.0. The quantitative estimate of drug-likeness (QED) is 0.616. The lowest BCUT2D eigenvalue weighted by molar-refractivity contribution is -0.147. The van der Waals surface area contributed by atoms with Gasteiger partial charge in [0.1, 0.15) is 0 Å². The van der Waals surface area contributed by atoms with Crippen LogP contribution in [0.15, 0.2) is 5.16 Å². The summed E-state index contributed by atoms with van der Waals surface area (Å²) in [7, 11) is 0. The first-order chi connectivity index (χ1) is 9.50. The summed E-state index contributed by atoms with van der Waals surface area (Å²) >= 11 is 1.63. The Kier molecular flexibility index (Phi) is 5.01. The zero-order valence-electron chi connectivity index (χ0n) is 12.1. The van der Waals surface area contributed by atoms with Gasteiger partial charge in [-0.25, -0.2) is 4.68 Å². The number of hydrogen-bond donors (Lipinski definition) is 1. The molecule has 7 heteroatoms. The third-order valence-electron chi connectivity index (χ3n) is 3.89. The van der Waals surface area contributed by atoms with Crippen molar-refractivity contribution in [2.75, 3.05) is 5.75 Å². The first-order valence-electron chi connectivity index (χ1n) is 7.15. The number of carboxylic acids is 1. The minimum absolute atomic E-state index is 0.447. The second-order valence-corrected chi connectivity index (χ2v) is 7.05. The van der Waals surface area contributed by atoms with Gasteiger partial charge >= 0.3 is 5.97 Å². The summed E-state index contributed by atoms with van der Waals surface area (Å²) in [6, 6.07) is 0.447. The van der Waals surface area contributed by atoms with E-state index in [1.54, 1.807) is 25.6 Å². The van der Waals surface area contributed by atoms with Crippen molar-refractivity contribution in [2.24, 2.45) is 5.41 Å². The van der Waals surface area contributed by atoms with E-state index in [2.05, 4.69) is 15.5 Å². The summed E-state index contributed by atoms with van der Waals surface area (Å²) in [6.07, 6.45) is 6.33. The van der Waals surface area contributed by atoms with Crippen LogP contribution in [0.2, 0.25) is 0 Å². The second-order valence-electron chi connectivity index (χ2n) is 5.99. The minimum atomic E-state index is -0.738. The largest absolute Gasteiger partial charge is 0.481 e. The number of hydrogen-bond acceptors (Lipinski definition) is 5. The van der Waals surface area contributed by atoms with Crippen LogP contribution in [0.1, 0.15) is 58.4 Å². The summed E-state index contributed by atoms with van der Waals surface area (Å²) < 4.78 is 1.94. The summed E-state index contributed by atoms with van der Waals surface area (Å²) in [5.74, 6) is 0.113. The van der Waals surface area contributed by atoms with Gasteiger partial charge in [-0.1, -0.05) is 24.6 Å². The van der Waals surface area contributed by atoms with Crippen LogP contribution in [0.3, 0.4) is 0 Å². The number of carbonyl (C=O) groups is 1. The van der Waals surface area contributed by atoms with E-state index >= 15 is 0 Å². The lowest BCUT2D eigenvalue weighted by Crippen LogP contribution is -2.23. The van der Waals surface area contributed by atoms with Gasteiger partial charge in [-0.2, -0.15) is 0 Å². The average molecular weight is 298 g/mol. The Morgan fingerprint density at radius 3 is 2.80 bits per heavy atom. The zero-order chi connectivity index (χ0) is 14.6. The molecule has 1 heterocycles. The highest BCUT2D eigenvalue weighted by Gasteiger charge is 2.26. The molecule has 0 aliphatic heterocycles. The van der Waals surface area contributed by atoms with E-state index in [4.69, 9.17) is 5.11 Å². The first kappa shape index (κ1) is 15.3. The van der Waals surface area contributed by atoms with E-state index in [0.717, 1.165) is 30.2 Å². The van der Waals surface area contributed by atoms with Gasteiger partial charge in [0.15, 0.2) is 0 Å². The number of nitrogens with zero attached hydrogens (tertiary/aromatic N) is 4. The van der Waals surface area contributed by atoms with Gasteiger partial charge in [0.25, 0.3) is 0 Å². The highest BCUT2D eigenvalue weighted by atomic mass is 32.2. The molecule has 1 fully saturated rings. The summed E-state index contributed by atoms with van der Waals surface area (Å²) in [5.41, 5.74) is -0.655. The van der Waals surface area contributed by atoms with Gasteiger partial charge in [-0.3, -0.25) is 4.79 Å². The van der Waals surface area contributed by atoms with E-state index in [0.29, 0.717) is 12.5 Å². The molecule has 1 N–H and O–H groups in total. The molecule has 1 aromatic heterocycles. The van der Waals surface area contributed by atoms with Gasteiger partial charge in [0.2, 0.25) is 5.16 Å².